The zero-order chi connectivity index (χ0) is 11.3. The van der Waals surface area contributed by atoms with Crippen LogP contribution in [0.15, 0.2) is 18.2 Å². The summed E-state index contributed by atoms with van der Waals surface area (Å²) in [6.07, 6.45) is 1.21. The van der Waals surface area contributed by atoms with Crippen LogP contribution in [0.4, 0.5) is 5.69 Å². The zero-order valence-electron chi connectivity index (χ0n) is 10.1. The summed E-state index contributed by atoms with van der Waals surface area (Å²) in [6, 6.07) is 6.20. The fraction of sp³-hybridized carbons (Fsp3) is 0.538. The molecule has 0 bridgehead atoms. The van der Waals surface area contributed by atoms with Gasteiger partial charge < -0.3 is 10.1 Å². The fourth-order valence-corrected chi connectivity index (χ4v) is 1.42. The van der Waals surface area contributed by atoms with Gasteiger partial charge in [-0.25, -0.2) is 0 Å². The number of aryl methyl sites for hydroxylation is 1. The Morgan fingerprint density at radius 2 is 2.13 bits per heavy atom. The Morgan fingerprint density at radius 1 is 1.40 bits per heavy atom. The Hall–Kier alpha value is -1.18. The van der Waals surface area contributed by atoms with Crippen LogP contribution in [0.5, 0.6) is 5.75 Å². The average molecular weight is 207 g/mol. The molecule has 0 amide bonds. The maximum absolute atomic E-state index is 5.22. The van der Waals surface area contributed by atoms with Gasteiger partial charge in [0.15, 0.2) is 0 Å². The monoisotopic (exact) mass is 207 g/mol. The van der Waals surface area contributed by atoms with Gasteiger partial charge in [0.2, 0.25) is 0 Å². The van der Waals surface area contributed by atoms with Crippen molar-refractivity contribution < 1.29 is 4.74 Å². The normalized spacial score (nSPS) is 12.3. The smallest absolute Gasteiger partial charge is 0.121 e. The first kappa shape index (κ1) is 11.9. The van der Waals surface area contributed by atoms with Crippen molar-refractivity contribution in [3.63, 3.8) is 0 Å². The predicted octanol–water partition coefficient (Wildman–Crippen LogP) is 3.46. The molecule has 0 aromatic heterocycles. The SMILES string of the molecule is CCC(C)CNc1ccc(OC)c(C)c1. The topological polar surface area (TPSA) is 21.3 Å². The quantitative estimate of drug-likeness (QED) is 0.798. The molecule has 0 saturated heterocycles. The Labute approximate surface area is 92.6 Å². The summed E-state index contributed by atoms with van der Waals surface area (Å²) in [6.45, 7) is 7.56. The molecule has 1 N–H and O–H groups in total. The van der Waals surface area contributed by atoms with Crippen LogP contribution < -0.4 is 10.1 Å². The molecule has 1 aromatic carbocycles. The lowest BCUT2D eigenvalue weighted by Gasteiger charge is -2.13. The van der Waals surface area contributed by atoms with E-state index in [1.165, 1.54) is 17.7 Å². The van der Waals surface area contributed by atoms with Crippen molar-refractivity contribution in [1.29, 1.82) is 0 Å². The van der Waals surface area contributed by atoms with Crippen molar-refractivity contribution in [2.75, 3.05) is 19.0 Å². The highest BCUT2D eigenvalue weighted by Gasteiger charge is 2.01. The minimum absolute atomic E-state index is 0.715. The number of rotatable bonds is 5. The highest BCUT2D eigenvalue weighted by Crippen LogP contribution is 2.21. The number of hydrogen-bond acceptors (Lipinski definition) is 2. The maximum atomic E-state index is 5.22. The van der Waals surface area contributed by atoms with Crippen molar-refractivity contribution in [2.24, 2.45) is 5.92 Å². The van der Waals surface area contributed by atoms with Gasteiger partial charge in [0.05, 0.1) is 7.11 Å². The molecule has 0 heterocycles. The third kappa shape index (κ3) is 3.46. The van der Waals surface area contributed by atoms with E-state index in [0.717, 1.165) is 12.3 Å². The second-order valence-electron chi connectivity index (χ2n) is 4.08. The molecule has 0 aliphatic carbocycles. The van der Waals surface area contributed by atoms with E-state index in [1.807, 2.05) is 6.07 Å². The molecule has 0 radical (unpaired) electrons. The zero-order valence-corrected chi connectivity index (χ0v) is 10.1. The summed E-state index contributed by atoms with van der Waals surface area (Å²) in [4.78, 5) is 0. The Balaban J connectivity index is 2.59. The van der Waals surface area contributed by atoms with E-state index in [0.29, 0.717) is 5.92 Å². The van der Waals surface area contributed by atoms with Crippen LogP contribution in [0.3, 0.4) is 0 Å². The molecule has 0 aliphatic heterocycles. The van der Waals surface area contributed by atoms with Crippen LogP contribution in [0.1, 0.15) is 25.8 Å². The molecular weight excluding hydrogens is 186 g/mol. The highest BCUT2D eigenvalue weighted by atomic mass is 16.5. The van der Waals surface area contributed by atoms with Gasteiger partial charge in [-0.3, -0.25) is 0 Å². The van der Waals surface area contributed by atoms with Gasteiger partial charge in [-0.15, -0.1) is 0 Å². The molecule has 0 saturated carbocycles. The van der Waals surface area contributed by atoms with E-state index in [-0.39, 0.29) is 0 Å². The van der Waals surface area contributed by atoms with Crippen molar-refractivity contribution in [2.45, 2.75) is 27.2 Å². The van der Waals surface area contributed by atoms with E-state index >= 15 is 0 Å². The minimum Gasteiger partial charge on any atom is -0.496 e. The van der Waals surface area contributed by atoms with Crippen LogP contribution in [-0.2, 0) is 0 Å². The van der Waals surface area contributed by atoms with Gasteiger partial charge >= 0.3 is 0 Å². The number of anilines is 1. The number of nitrogens with one attached hydrogen (secondary N) is 1. The molecule has 1 rings (SSSR count). The lowest BCUT2D eigenvalue weighted by atomic mass is 10.1. The first-order valence-electron chi connectivity index (χ1n) is 5.55. The molecule has 0 aliphatic rings. The molecule has 2 nitrogen and oxygen atoms in total. The Bertz CT molecular complexity index is 309. The minimum atomic E-state index is 0.715. The van der Waals surface area contributed by atoms with Gasteiger partial charge in [0.1, 0.15) is 5.75 Å². The lowest BCUT2D eigenvalue weighted by Crippen LogP contribution is -2.10. The maximum Gasteiger partial charge on any atom is 0.121 e. The molecular formula is C13H21NO. The van der Waals surface area contributed by atoms with Gasteiger partial charge in [-0.2, -0.15) is 0 Å². The molecule has 1 atom stereocenters. The molecule has 0 spiro atoms. The summed E-state index contributed by atoms with van der Waals surface area (Å²) >= 11 is 0. The number of ether oxygens (including phenoxy) is 1. The fourth-order valence-electron chi connectivity index (χ4n) is 1.42. The third-order valence-electron chi connectivity index (χ3n) is 2.75. The second-order valence-corrected chi connectivity index (χ2v) is 4.08. The van der Waals surface area contributed by atoms with Crippen molar-refractivity contribution in [1.82, 2.24) is 0 Å². The van der Waals surface area contributed by atoms with E-state index in [2.05, 4.69) is 38.2 Å². The molecule has 15 heavy (non-hydrogen) atoms. The average Bonchev–Trinajstić information content (AvgIpc) is 2.26. The van der Waals surface area contributed by atoms with E-state index in [9.17, 15) is 0 Å². The Morgan fingerprint density at radius 3 is 2.67 bits per heavy atom. The molecule has 1 aromatic rings. The van der Waals surface area contributed by atoms with Crippen LogP contribution in [-0.4, -0.2) is 13.7 Å². The van der Waals surface area contributed by atoms with E-state index < -0.39 is 0 Å². The predicted molar refractivity (Wildman–Crippen MR) is 65.7 cm³/mol. The summed E-state index contributed by atoms with van der Waals surface area (Å²) in [7, 11) is 1.70. The summed E-state index contributed by atoms with van der Waals surface area (Å²) < 4.78 is 5.22. The van der Waals surface area contributed by atoms with Crippen LogP contribution in [0, 0.1) is 12.8 Å². The van der Waals surface area contributed by atoms with Gasteiger partial charge in [-0.05, 0) is 36.6 Å². The largest absolute Gasteiger partial charge is 0.496 e. The first-order valence-corrected chi connectivity index (χ1v) is 5.55. The molecule has 0 fully saturated rings. The van der Waals surface area contributed by atoms with Crippen LogP contribution in [0.25, 0.3) is 0 Å². The number of methoxy groups -OCH3 is 1. The van der Waals surface area contributed by atoms with E-state index in [4.69, 9.17) is 4.74 Å². The number of hydrogen-bond donors (Lipinski definition) is 1. The van der Waals surface area contributed by atoms with Crippen molar-refractivity contribution >= 4 is 5.69 Å². The Kier molecular flexibility index (Phi) is 4.47. The standard InChI is InChI=1S/C13H21NO/c1-5-10(2)9-14-12-6-7-13(15-4)11(3)8-12/h6-8,10,14H,5,9H2,1-4H3. The number of benzene rings is 1. The van der Waals surface area contributed by atoms with Crippen LogP contribution >= 0.6 is 0 Å². The molecule has 2 heteroatoms. The van der Waals surface area contributed by atoms with Gasteiger partial charge in [-0.1, -0.05) is 20.3 Å². The van der Waals surface area contributed by atoms with E-state index in [1.54, 1.807) is 7.11 Å². The summed E-state index contributed by atoms with van der Waals surface area (Å²) in [5, 5.41) is 3.43. The van der Waals surface area contributed by atoms with Gasteiger partial charge in [0, 0.05) is 12.2 Å². The first-order chi connectivity index (χ1) is 7.17. The molecule has 1 unspecified atom stereocenters. The molecule has 84 valence electrons. The lowest BCUT2D eigenvalue weighted by molar-refractivity contribution is 0.412. The van der Waals surface area contributed by atoms with Gasteiger partial charge in [0.25, 0.3) is 0 Å². The van der Waals surface area contributed by atoms with Crippen molar-refractivity contribution in [3.8, 4) is 5.75 Å². The highest BCUT2D eigenvalue weighted by molar-refractivity contribution is 5.50. The second kappa shape index (κ2) is 5.64. The third-order valence-corrected chi connectivity index (χ3v) is 2.75. The summed E-state index contributed by atoms with van der Waals surface area (Å²) in [5.74, 6) is 1.66. The van der Waals surface area contributed by atoms with Crippen molar-refractivity contribution in [3.05, 3.63) is 23.8 Å². The van der Waals surface area contributed by atoms with Crippen LogP contribution in [0.2, 0.25) is 0 Å². The summed E-state index contributed by atoms with van der Waals surface area (Å²) in [5.41, 5.74) is 2.35.